The molecule has 0 unspecified atom stereocenters. The molecule has 0 bridgehead atoms. The third-order valence-corrected chi connectivity index (χ3v) is 4.84. The van der Waals surface area contributed by atoms with Crippen LogP contribution in [0.1, 0.15) is 17.3 Å². The molecular weight excluding hydrogens is 442 g/mol. The van der Waals surface area contributed by atoms with Gasteiger partial charge in [-0.05, 0) is 67.6 Å². The van der Waals surface area contributed by atoms with E-state index in [2.05, 4.69) is 15.4 Å². The van der Waals surface area contributed by atoms with E-state index in [1.54, 1.807) is 42.5 Å². The van der Waals surface area contributed by atoms with Crippen LogP contribution in [-0.2, 0) is 4.74 Å². The largest absolute Gasteiger partial charge is 0.460 e. The Bertz CT molecular complexity index is 1260. The smallest absolute Gasteiger partial charge is 0.336 e. The van der Waals surface area contributed by atoms with E-state index < -0.39 is 11.6 Å². The van der Waals surface area contributed by atoms with Crippen LogP contribution in [0.15, 0.2) is 72.8 Å². The standard InChI is InChI=1S/C25H22F2N4O3/c1-2-33-15-16-34-25-29-23(21-5-3-4-6-22(21)27)31(30-25)20-13-11-19(12-14-20)28-24(32)17-7-9-18(26)10-8-17/h3-14H,2,15-16H2,1H3,(H,28,32). The van der Waals surface area contributed by atoms with Crippen LogP contribution in [0.4, 0.5) is 14.5 Å². The minimum Gasteiger partial charge on any atom is -0.460 e. The quantitative estimate of drug-likeness (QED) is 0.357. The first-order chi connectivity index (χ1) is 16.5. The summed E-state index contributed by atoms with van der Waals surface area (Å²) < 4.78 is 39.9. The monoisotopic (exact) mass is 464 g/mol. The highest BCUT2D eigenvalue weighted by Gasteiger charge is 2.18. The maximum atomic E-state index is 14.5. The minimum atomic E-state index is -0.444. The number of carbonyl (C=O) groups is 1. The molecule has 174 valence electrons. The SMILES string of the molecule is CCOCCOc1nc(-c2ccccc2F)n(-c2ccc(NC(=O)c3ccc(F)cc3)cc2)n1. The van der Waals surface area contributed by atoms with Crippen LogP contribution in [-0.4, -0.2) is 40.5 Å². The summed E-state index contributed by atoms with van der Waals surface area (Å²) in [7, 11) is 0. The van der Waals surface area contributed by atoms with E-state index in [4.69, 9.17) is 9.47 Å². The third-order valence-electron chi connectivity index (χ3n) is 4.84. The summed E-state index contributed by atoms with van der Waals surface area (Å²) in [6.07, 6.45) is 0. The molecule has 0 aliphatic carbocycles. The van der Waals surface area contributed by atoms with Crippen molar-refractivity contribution < 1.29 is 23.0 Å². The summed E-state index contributed by atoms with van der Waals surface area (Å²) in [5.41, 5.74) is 1.71. The molecule has 34 heavy (non-hydrogen) atoms. The van der Waals surface area contributed by atoms with Crippen LogP contribution >= 0.6 is 0 Å². The molecule has 4 rings (SSSR count). The van der Waals surface area contributed by atoms with Crippen molar-refractivity contribution in [2.45, 2.75) is 6.92 Å². The van der Waals surface area contributed by atoms with Crippen molar-refractivity contribution in [3.63, 3.8) is 0 Å². The van der Waals surface area contributed by atoms with Gasteiger partial charge in [0.1, 0.15) is 18.2 Å². The van der Waals surface area contributed by atoms with Gasteiger partial charge in [0.15, 0.2) is 5.82 Å². The summed E-state index contributed by atoms with van der Waals surface area (Å²) in [5, 5.41) is 7.13. The van der Waals surface area contributed by atoms with E-state index in [1.807, 2.05) is 6.92 Å². The van der Waals surface area contributed by atoms with Gasteiger partial charge in [0.25, 0.3) is 5.91 Å². The number of nitrogens with zero attached hydrogens (tertiary/aromatic N) is 3. The number of aromatic nitrogens is 3. The van der Waals surface area contributed by atoms with Crippen LogP contribution < -0.4 is 10.1 Å². The molecule has 0 radical (unpaired) electrons. The number of hydrogen-bond donors (Lipinski definition) is 1. The maximum absolute atomic E-state index is 14.5. The number of anilines is 1. The molecule has 1 N–H and O–H groups in total. The lowest BCUT2D eigenvalue weighted by Gasteiger charge is -2.09. The van der Waals surface area contributed by atoms with Gasteiger partial charge in [0.2, 0.25) is 0 Å². The van der Waals surface area contributed by atoms with E-state index in [0.717, 1.165) is 0 Å². The van der Waals surface area contributed by atoms with Crippen molar-refractivity contribution in [3.8, 4) is 23.1 Å². The summed E-state index contributed by atoms with van der Waals surface area (Å²) in [6.45, 7) is 3.08. The Balaban J connectivity index is 1.58. The van der Waals surface area contributed by atoms with Gasteiger partial charge in [-0.15, -0.1) is 5.10 Å². The van der Waals surface area contributed by atoms with Gasteiger partial charge in [0.05, 0.1) is 17.9 Å². The molecule has 9 heteroatoms. The zero-order valence-electron chi connectivity index (χ0n) is 18.4. The lowest BCUT2D eigenvalue weighted by atomic mass is 10.2. The Labute approximate surface area is 195 Å². The summed E-state index contributed by atoms with van der Waals surface area (Å²) in [6, 6.07) is 18.4. The Morgan fingerprint density at radius 2 is 1.71 bits per heavy atom. The molecule has 0 aliphatic rings. The first kappa shape index (κ1) is 23.1. The number of benzene rings is 3. The molecule has 0 aliphatic heterocycles. The predicted octanol–water partition coefficient (Wildman–Crippen LogP) is 4.88. The summed E-state index contributed by atoms with van der Waals surface area (Å²) >= 11 is 0. The average molecular weight is 464 g/mol. The zero-order valence-corrected chi connectivity index (χ0v) is 18.4. The topological polar surface area (TPSA) is 78.3 Å². The Morgan fingerprint density at radius 3 is 2.41 bits per heavy atom. The number of carbonyl (C=O) groups excluding carboxylic acids is 1. The van der Waals surface area contributed by atoms with Crippen LogP contribution in [0, 0.1) is 11.6 Å². The van der Waals surface area contributed by atoms with Gasteiger partial charge in [0, 0.05) is 17.9 Å². The number of amides is 1. The molecule has 0 saturated heterocycles. The first-order valence-electron chi connectivity index (χ1n) is 10.6. The van der Waals surface area contributed by atoms with Crippen LogP contribution in [0.2, 0.25) is 0 Å². The van der Waals surface area contributed by atoms with E-state index in [0.29, 0.717) is 30.2 Å². The molecule has 0 spiro atoms. The predicted molar refractivity (Wildman–Crippen MR) is 123 cm³/mol. The second-order valence-corrected chi connectivity index (χ2v) is 7.16. The van der Waals surface area contributed by atoms with Crippen LogP contribution in [0.5, 0.6) is 6.01 Å². The number of ether oxygens (including phenoxy) is 2. The molecule has 1 aromatic heterocycles. The van der Waals surface area contributed by atoms with Crippen LogP contribution in [0.25, 0.3) is 17.1 Å². The lowest BCUT2D eigenvalue weighted by Crippen LogP contribution is -2.12. The molecule has 1 heterocycles. The summed E-state index contributed by atoms with van der Waals surface area (Å²) in [4.78, 5) is 16.7. The van der Waals surface area contributed by atoms with E-state index >= 15 is 0 Å². The average Bonchev–Trinajstić information content (AvgIpc) is 3.27. The van der Waals surface area contributed by atoms with Crippen LogP contribution in [0.3, 0.4) is 0 Å². The molecule has 1 amide bonds. The maximum Gasteiger partial charge on any atom is 0.336 e. The number of nitrogens with one attached hydrogen (secondary N) is 1. The third kappa shape index (κ3) is 5.44. The zero-order chi connectivity index (χ0) is 23.9. The Hall–Kier alpha value is -4.11. The van der Waals surface area contributed by atoms with Crippen molar-refractivity contribution in [1.29, 1.82) is 0 Å². The minimum absolute atomic E-state index is 0.0895. The molecule has 4 aromatic rings. The van der Waals surface area contributed by atoms with Gasteiger partial charge in [-0.3, -0.25) is 4.79 Å². The second kappa shape index (κ2) is 10.7. The van der Waals surface area contributed by atoms with Gasteiger partial charge in [-0.25, -0.2) is 13.5 Å². The highest BCUT2D eigenvalue weighted by atomic mass is 19.1. The molecule has 0 fully saturated rings. The van der Waals surface area contributed by atoms with Gasteiger partial charge in [-0.1, -0.05) is 12.1 Å². The fraction of sp³-hybridized carbons (Fsp3) is 0.160. The van der Waals surface area contributed by atoms with Crippen molar-refractivity contribution in [3.05, 3.63) is 90.0 Å². The van der Waals surface area contributed by atoms with Gasteiger partial charge in [-0.2, -0.15) is 4.98 Å². The fourth-order valence-electron chi connectivity index (χ4n) is 3.18. The second-order valence-electron chi connectivity index (χ2n) is 7.16. The molecule has 7 nitrogen and oxygen atoms in total. The first-order valence-corrected chi connectivity index (χ1v) is 10.6. The van der Waals surface area contributed by atoms with Crippen molar-refractivity contribution in [2.24, 2.45) is 0 Å². The van der Waals surface area contributed by atoms with Gasteiger partial charge < -0.3 is 14.8 Å². The Morgan fingerprint density at radius 1 is 0.971 bits per heavy atom. The van der Waals surface area contributed by atoms with E-state index in [-0.39, 0.29) is 29.9 Å². The normalized spacial score (nSPS) is 10.8. The molecular formula is C25H22F2N4O3. The fourth-order valence-corrected chi connectivity index (χ4v) is 3.18. The number of rotatable bonds is 9. The summed E-state index contributed by atoms with van der Waals surface area (Å²) in [5.74, 6) is -0.959. The molecule has 0 saturated carbocycles. The highest BCUT2D eigenvalue weighted by molar-refractivity contribution is 6.04. The molecule has 0 atom stereocenters. The molecule has 3 aromatic carbocycles. The Kier molecular flexibility index (Phi) is 7.24. The van der Waals surface area contributed by atoms with Gasteiger partial charge >= 0.3 is 6.01 Å². The van der Waals surface area contributed by atoms with E-state index in [1.165, 1.54) is 35.0 Å². The highest BCUT2D eigenvalue weighted by Crippen LogP contribution is 2.26. The van der Waals surface area contributed by atoms with Crippen molar-refractivity contribution in [2.75, 3.05) is 25.1 Å². The van der Waals surface area contributed by atoms with Crippen molar-refractivity contribution in [1.82, 2.24) is 14.8 Å². The van der Waals surface area contributed by atoms with Crippen molar-refractivity contribution >= 4 is 11.6 Å². The lowest BCUT2D eigenvalue weighted by molar-refractivity contribution is 0.102. The number of hydrogen-bond acceptors (Lipinski definition) is 5. The van der Waals surface area contributed by atoms with E-state index in [9.17, 15) is 13.6 Å². The number of halogens is 2.